The Balaban J connectivity index is 2.16. The lowest BCUT2D eigenvalue weighted by Crippen LogP contribution is -2.13. The average Bonchev–Trinajstić information content (AvgIpc) is 2.75. The van der Waals surface area contributed by atoms with Crippen LogP contribution in [0.25, 0.3) is 0 Å². The fourth-order valence-corrected chi connectivity index (χ4v) is 2.28. The molecule has 0 amide bonds. The summed E-state index contributed by atoms with van der Waals surface area (Å²) in [5.41, 5.74) is 2.59. The van der Waals surface area contributed by atoms with Crippen molar-refractivity contribution in [2.75, 3.05) is 11.9 Å². The molecule has 0 aromatic heterocycles. The van der Waals surface area contributed by atoms with Gasteiger partial charge >= 0.3 is 0 Å². The molecular weight excluding hydrogens is 150 g/mol. The molecule has 3 rings (SSSR count). The Labute approximate surface area is 71.2 Å². The van der Waals surface area contributed by atoms with Crippen LogP contribution in [0.5, 0.6) is 0 Å². The van der Waals surface area contributed by atoms with E-state index in [2.05, 4.69) is 17.4 Å². The minimum absolute atomic E-state index is 0.0800. The Kier molecular flexibility index (Phi) is 0.989. The molecule has 0 spiro atoms. The molecule has 2 nitrogen and oxygen atoms in total. The lowest BCUT2D eigenvalue weighted by molar-refractivity contribution is 0.256. The topological polar surface area (TPSA) is 32.3 Å². The van der Waals surface area contributed by atoms with E-state index in [1.54, 1.807) is 0 Å². The molecule has 1 aromatic rings. The number of anilines is 1. The SMILES string of the molecule is OCC12CC1Nc1ccccc12. The maximum Gasteiger partial charge on any atom is 0.0549 e. The van der Waals surface area contributed by atoms with E-state index in [-0.39, 0.29) is 12.0 Å². The van der Waals surface area contributed by atoms with Gasteiger partial charge in [0.15, 0.2) is 0 Å². The average molecular weight is 161 g/mol. The number of para-hydroxylation sites is 1. The third-order valence-electron chi connectivity index (χ3n) is 3.15. The van der Waals surface area contributed by atoms with Crippen LogP contribution >= 0.6 is 0 Å². The molecule has 1 fully saturated rings. The molecule has 1 saturated carbocycles. The van der Waals surface area contributed by atoms with E-state index in [0.717, 1.165) is 6.42 Å². The quantitative estimate of drug-likeness (QED) is 0.646. The summed E-state index contributed by atoms with van der Waals surface area (Å²) in [5, 5.41) is 12.7. The summed E-state index contributed by atoms with van der Waals surface area (Å²) < 4.78 is 0. The number of nitrogens with one attached hydrogen (secondary N) is 1. The molecule has 1 aliphatic carbocycles. The molecular formula is C10H11NO. The van der Waals surface area contributed by atoms with Crippen LogP contribution in [0.3, 0.4) is 0 Å². The molecule has 1 aromatic carbocycles. The van der Waals surface area contributed by atoms with Gasteiger partial charge in [-0.3, -0.25) is 0 Å². The smallest absolute Gasteiger partial charge is 0.0549 e. The number of hydrogen-bond acceptors (Lipinski definition) is 2. The van der Waals surface area contributed by atoms with Crippen molar-refractivity contribution >= 4 is 5.69 Å². The third kappa shape index (κ3) is 0.559. The van der Waals surface area contributed by atoms with Gasteiger partial charge in [-0.15, -0.1) is 0 Å². The van der Waals surface area contributed by atoms with Crippen molar-refractivity contribution in [1.82, 2.24) is 0 Å². The van der Waals surface area contributed by atoms with E-state index < -0.39 is 0 Å². The van der Waals surface area contributed by atoms with E-state index in [1.165, 1.54) is 11.3 Å². The second kappa shape index (κ2) is 1.83. The third-order valence-corrected chi connectivity index (χ3v) is 3.15. The summed E-state index contributed by atoms with van der Waals surface area (Å²) in [6, 6.07) is 8.77. The van der Waals surface area contributed by atoms with E-state index >= 15 is 0 Å². The number of hydrogen-bond donors (Lipinski definition) is 2. The van der Waals surface area contributed by atoms with Crippen molar-refractivity contribution in [3.8, 4) is 0 Å². The van der Waals surface area contributed by atoms with Gasteiger partial charge in [0.05, 0.1) is 6.61 Å². The molecule has 62 valence electrons. The van der Waals surface area contributed by atoms with Crippen LogP contribution in [-0.4, -0.2) is 17.8 Å². The molecule has 2 unspecified atom stereocenters. The van der Waals surface area contributed by atoms with Crippen molar-refractivity contribution < 1.29 is 5.11 Å². The summed E-state index contributed by atoms with van der Waals surface area (Å²) in [5.74, 6) is 0. The zero-order valence-electron chi connectivity index (χ0n) is 6.75. The Hall–Kier alpha value is -1.02. The zero-order valence-corrected chi connectivity index (χ0v) is 6.75. The molecule has 0 saturated heterocycles. The Morgan fingerprint density at radius 2 is 2.33 bits per heavy atom. The van der Waals surface area contributed by atoms with Crippen LogP contribution < -0.4 is 5.32 Å². The summed E-state index contributed by atoms with van der Waals surface area (Å²) in [6.07, 6.45) is 1.10. The van der Waals surface area contributed by atoms with Crippen LogP contribution in [-0.2, 0) is 5.41 Å². The molecule has 0 bridgehead atoms. The normalized spacial score (nSPS) is 35.2. The number of fused-ring (bicyclic) bond motifs is 3. The van der Waals surface area contributed by atoms with Gasteiger partial charge in [0.2, 0.25) is 0 Å². The summed E-state index contributed by atoms with van der Waals surface area (Å²) >= 11 is 0. The Bertz CT molecular complexity index is 332. The minimum atomic E-state index is 0.0800. The van der Waals surface area contributed by atoms with Gasteiger partial charge in [-0.05, 0) is 18.1 Å². The van der Waals surface area contributed by atoms with E-state index in [0.29, 0.717) is 6.04 Å². The van der Waals surface area contributed by atoms with Crippen LogP contribution in [0.2, 0.25) is 0 Å². The minimum Gasteiger partial charge on any atom is -0.395 e. The predicted molar refractivity (Wildman–Crippen MR) is 47.2 cm³/mol. The first-order chi connectivity index (χ1) is 5.87. The van der Waals surface area contributed by atoms with Crippen LogP contribution in [0.1, 0.15) is 12.0 Å². The predicted octanol–water partition coefficient (Wildman–Crippen LogP) is 1.11. The molecule has 12 heavy (non-hydrogen) atoms. The molecule has 2 aliphatic rings. The molecule has 2 atom stereocenters. The van der Waals surface area contributed by atoms with Gasteiger partial charge in [0, 0.05) is 17.1 Å². The maximum atomic E-state index is 9.27. The highest BCUT2D eigenvalue weighted by Crippen LogP contribution is 2.56. The van der Waals surface area contributed by atoms with Crippen molar-refractivity contribution in [3.63, 3.8) is 0 Å². The monoisotopic (exact) mass is 161 g/mol. The molecule has 0 radical (unpaired) electrons. The zero-order chi connectivity index (χ0) is 8.18. The lowest BCUT2D eigenvalue weighted by Gasteiger charge is -2.08. The maximum absolute atomic E-state index is 9.27. The van der Waals surface area contributed by atoms with Crippen LogP contribution in [0, 0.1) is 0 Å². The number of rotatable bonds is 1. The van der Waals surface area contributed by atoms with Gasteiger partial charge in [-0.2, -0.15) is 0 Å². The molecule has 2 heteroatoms. The standard InChI is InChI=1S/C10H11NO/c12-6-10-5-9(10)11-8-4-2-1-3-7(8)10/h1-4,9,11-12H,5-6H2. The largest absolute Gasteiger partial charge is 0.395 e. The first kappa shape index (κ1) is 6.49. The van der Waals surface area contributed by atoms with E-state index in [4.69, 9.17) is 0 Å². The second-order valence-corrected chi connectivity index (χ2v) is 3.76. The first-order valence-electron chi connectivity index (χ1n) is 4.34. The van der Waals surface area contributed by atoms with Crippen molar-refractivity contribution in [2.24, 2.45) is 0 Å². The Morgan fingerprint density at radius 3 is 3.17 bits per heavy atom. The molecule has 1 aliphatic heterocycles. The van der Waals surface area contributed by atoms with Crippen molar-refractivity contribution in [2.45, 2.75) is 17.9 Å². The van der Waals surface area contributed by atoms with Crippen molar-refractivity contribution in [1.29, 1.82) is 0 Å². The highest BCUT2D eigenvalue weighted by molar-refractivity contribution is 5.67. The number of aliphatic hydroxyl groups is 1. The fourth-order valence-electron chi connectivity index (χ4n) is 2.28. The summed E-state index contributed by atoms with van der Waals surface area (Å²) in [6.45, 7) is 0.279. The molecule has 2 N–H and O–H groups in total. The van der Waals surface area contributed by atoms with Gasteiger partial charge < -0.3 is 10.4 Å². The Morgan fingerprint density at radius 1 is 1.50 bits per heavy atom. The van der Waals surface area contributed by atoms with Crippen LogP contribution in [0.4, 0.5) is 5.69 Å². The van der Waals surface area contributed by atoms with E-state index in [9.17, 15) is 5.11 Å². The van der Waals surface area contributed by atoms with Gasteiger partial charge in [0.25, 0.3) is 0 Å². The van der Waals surface area contributed by atoms with Gasteiger partial charge in [-0.1, -0.05) is 18.2 Å². The molecule has 1 heterocycles. The summed E-state index contributed by atoms with van der Waals surface area (Å²) in [7, 11) is 0. The van der Waals surface area contributed by atoms with Gasteiger partial charge in [0.1, 0.15) is 0 Å². The summed E-state index contributed by atoms with van der Waals surface area (Å²) in [4.78, 5) is 0. The first-order valence-corrected chi connectivity index (χ1v) is 4.34. The number of benzene rings is 1. The second-order valence-electron chi connectivity index (χ2n) is 3.76. The highest BCUT2D eigenvalue weighted by atomic mass is 16.3. The highest BCUT2D eigenvalue weighted by Gasteiger charge is 2.60. The fraction of sp³-hybridized carbons (Fsp3) is 0.400. The van der Waals surface area contributed by atoms with E-state index in [1.807, 2.05) is 12.1 Å². The lowest BCUT2D eigenvalue weighted by atomic mass is 9.97. The van der Waals surface area contributed by atoms with Gasteiger partial charge in [-0.25, -0.2) is 0 Å². The van der Waals surface area contributed by atoms with Crippen molar-refractivity contribution in [3.05, 3.63) is 29.8 Å². The number of aliphatic hydroxyl groups excluding tert-OH is 1. The van der Waals surface area contributed by atoms with Crippen LogP contribution in [0.15, 0.2) is 24.3 Å².